The highest BCUT2D eigenvalue weighted by Crippen LogP contribution is 2.20. The number of aryl methyl sites for hydroxylation is 1. The zero-order valence-electron chi connectivity index (χ0n) is 12.6. The first-order chi connectivity index (χ1) is 11.5. The van der Waals surface area contributed by atoms with E-state index in [1.807, 2.05) is 0 Å². The number of aromatic nitrogens is 4. The van der Waals surface area contributed by atoms with Crippen molar-refractivity contribution in [2.75, 3.05) is 13.2 Å². The van der Waals surface area contributed by atoms with E-state index in [0.717, 1.165) is 32.1 Å². The van der Waals surface area contributed by atoms with E-state index < -0.39 is 12.8 Å². The van der Waals surface area contributed by atoms with Crippen molar-refractivity contribution in [2.45, 2.75) is 38.0 Å². The van der Waals surface area contributed by atoms with Crippen LogP contribution in [0.2, 0.25) is 0 Å². The lowest BCUT2D eigenvalue weighted by atomic mass is 10.1. The quantitative estimate of drug-likeness (QED) is 0.796. The fraction of sp³-hybridized carbons (Fsp3) is 0.571. The Labute approximate surface area is 135 Å². The summed E-state index contributed by atoms with van der Waals surface area (Å²) in [6, 6.07) is 0. The van der Waals surface area contributed by atoms with Crippen LogP contribution >= 0.6 is 0 Å². The second-order valence-electron chi connectivity index (χ2n) is 5.33. The van der Waals surface area contributed by atoms with Gasteiger partial charge in [-0.25, -0.2) is 9.97 Å². The van der Waals surface area contributed by atoms with Gasteiger partial charge in [0, 0.05) is 13.0 Å². The van der Waals surface area contributed by atoms with Crippen LogP contribution in [0.1, 0.15) is 25.2 Å². The molecule has 10 heteroatoms. The molecule has 1 atom stereocenters. The van der Waals surface area contributed by atoms with E-state index in [9.17, 15) is 13.2 Å². The molecule has 0 radical (unpaired) electrons. The van der Waals surface area contributed by atoms with Gasteiger partial charge in [0.2, 0.25) is 17.6 Å². The molecule has 0 aromatic carbocycles. The summed E-state index contributed by atoms with van der Waals surface area (Å²) in [5, 5.41) is 3.80. The maximum Gasteiger partial charge on any atom is 0.422 e. The molecule has 24 heavy (non-hydrogen) atoms. The second kappa shape index (κ2) is 7.12. The van der Waals surface area contributed by atoms with E-state index >= 15 is 0 Å². The Balaban J connectivity index is 1.56. The molecule has 3 heterocycles. The summed E-state index contributed by atoms with van der Waals surface area (Å²) in [5.41, 5.74) is 0.293. The van der Waals surface area contributed by atoms with Gasteiger partial charge < -0.3 is 14.0 Å². The predicted octanol–water partition coefficient (Wildman–Crippen LogP) is 2.58. The highest BCUT2D eigenvalue weighted by molar-refractivity contribution is 5.46. The maximum absolute atomic E-state index is 12.1. The first kappa shape index (κ1) is 16.6. The van der Waals surface area contributed by atoms with Gasteiger partial charge in [0.1, 0.15) is 5.69 Å². The first-order valence-corrected chi connectivity index (χ1v) is 7.46. The van der Waals surface area contributed by atoms with E-state index in [2.05, 4.69) is 24.8 Å². The summed E-state index contributed by atoms with van der Waals surface area (Å²) in [7, 11) is 0. The Morgan fingerprint density at radius 2 is 2.12 bits per heavy atom. The molecule has 0 spiro atoms. The Hall–Kier alpha value is -2.23. The lowest BCUT2D eigenvalue weighted by molar-refractivity contribution is -0.154. The number of hydrogen-bond acceptors (Lipinski definition) is 7. The van der Waals surface area contributed by atoms with Crippen LogP contribution in [0.4, 0.5) is 13.2 Å². The number of rotatable bonds is 6. The van der Waals surface area contributed by atoms with Gasteiger partial charge in [-0.05, 0) is 19.3 Å². The minimum Gasteiger partial charge on any atom is -0.467 e. The Bertz CT molecular complexity index is 654. The van der Waals surface area contributed by atoms with Gasteiger partial charge >= 0.3 is 6.18 Å². The average Bonchev–Trinajstić information content (AvgIpc) is 3.22. The minimum atomic E-state index is -4.42. The maximum atomic E-state index is 12.1. The van der Waals surface area contributed by atoms with Crippen molar-refractivity contribution in [2.24, 2.45) is 0 Å². The first-order valence-electron chi connectivity index (χ1n) is 7.46. The normalized spacial score (nSPS) is 18.0. The molecule has 1 aliphatic heterocycles. The molecule has 130 valence electrons. The summed E-state index contributed by atoms with van der Waals surface area (Å²) in [6.45, 7) is -0.630. The van der Waals surface area contributed by atoms with Gasteiger partial charge in [-0.2, -0.15) is 18.2 Å². The SMILES string of the molecule is FC(F)(F)COc1cnc(-c2noc(CCC3CCCO3)n2)cn1. The Kier molecular flexibility index (Phi) is 4.93. The Morgan fingerprint density at radius 3 is 2.79 bits per heavy atom. The van der Waals surface area contributed by atoms with Gasteiger partial charge in [-0.3, -0.25) is 0 Å². The lowest BCUT2D eigenvalue weighted by Gasteiger charge is -2.07. The summed E-state index contributed by atoms with van der Waals surface area (Å²) in [4.78, 5) is 11.9. The molecule has 2 aromatic rings. The van der Waals surface area contributed by atoms with Gasteiger partial charge in [0.15, 0.2) is 6.61 Å². The molecule has 1 fully saturated rings. The molecule has 1 aliphatic rings. The zero-order valence-corrected chi connectivity index (χ0v) is 12.6. The molecule has 0 saturated carbocycles. The molecule has 1 saturated heterocycles. The molecule has 0 aliphatic carbocycles. The van der Waals surface area contributed by atoms with Gasteiger partial charge in [-0.1, -0.05) is 5.16 Å². The van der Waals surface area contributed by atoms with Gasteiger partial charge in [0.05, 0.1) is 18.5 Å². The van der Waals surface area contributed by atoms with E-state index in [0.29, 0.717) is 18.0 Å². The van der Waals surface area contributed by atoms with Crippen molar-refractivity contribution in [3.63, 3.8) is 0 Å². The topological polar surface area (TPSA) is 83.2 Å². The molecule has 1 unspecified atom stereocenters. The molecule has 0 amide bonds. The van der Waals surface area contributed by atoms with Crippen LogP contribution in [0.25, 0.3) is 11.5 Å². The average molecular weight is 344 g/mol. The highest BCUT2D eigenvalue weighted by Gasteiger charge is 2.28. The van der Waals surface area contributed by atoms with Crippen LogP contribution in [0.3, 0.4) is 0 Å². The summed E-state index contributed by atoms with van der Waals surface area (Å²) >= 11 is 0. The largest absolute Gasteiger partial charge is 0.467 e. The fourth-order valence-corrected chi connectivity index (χ4v) is 2.28. The minimum absolute atomic E-state index is 0.224. The molecular formula is C14H15F3N4O3. The molecule has 7 nitrogen and oxygen atoms in total. The molecule has 0 bridgehead atoms. The highest BCUT2D eigenvalue weighted by atomic mass is 19.4. The fourth-order valence-electron chi connectivity index (χ4n) is 2.28. The molecular weight excluding hydrogens is 329 g/mol. The zero-order chi connectivity index (χ0) is 17.0. The molecule has 2 aromatic heterocycles. The van der Waals surface area contributed by atoms with E-state index in [1.54, 1.807) is 0 Å². The van der Waals surface area contributed by atoms with Crippen LogP contribution < -0.4 is 4.74 Å². The smallest absolute Gasteiger partial charge is 0.422 e. The Morgan fingerprint density at radius 1 is 1.25 bits per heavy atom. The molecule has 3 rings (SSSR count). The summed E-state index contributed by atoms with van der Waals surface area (Å²) in [5.74, 6) is 0.463. The van der Waals surface area contributed by atoms with E-state index in [-0.39, 0.29) is 17.8 Å². The van der Waals surface area contributed by atoms with Crippen LogP contribution in [-0.4, -0.2) is 45.6 Å². The van der Waals surface area contributed by atoms with Crippen LogP contribution in [0.15, 0.2) is 16.9 Å². The lowest BCUT2D eigenvalue weighted by Crippen LogP contribution is -2.19. The predicted molar refractivity (Wildman–Crippen MR) is 74.2 cm³/mol. The number of nitrogens with zero attached hydrogens (tertiary/aromatic N) is 4. The van der Waals surface area contributed by atoms with Crippen molar-refractivity contribution < 1.29 is 27.2 Å². The third kappa shape index (κ3) is 4.63. The second-order valence-corrected chi connectivity index (χ2v) is 5.33. The van der Waals surface area contributed by atoms with Crippen molar-refractivity contribution in [3.8, 4) is 17.4 Å². The monoisotopic (exact) mass is 344 g/mol. The number of halogens is 3. The standard InChI is InChI=1S/C14H15F3N4O3/c15-14(16,17)8-23-12-7-18-10(6-19-12)13-20-11(24-21-13)4-3-9-2-1-5-22-9/h6-7,9H,1-5,8H2. The third-order valence-corrected chi connectivity index (χ3v) is 3.41. The van der Waals surface area contributed by atoms with E-state index in [1.165, 1.54) is 6.20 Å². The number of alkyl halides is 3. The third-order valence-electron chi connectivity index (χ3n) is 3.41. The van der Waals surface area contributed by atoms with Gasteiger partial charge in [-0.15, -0.1) is 0 Å². The van der Waals surface area contributed by atoms with Crippen molar-refractivity contribution in [3.05, 3.63) is 18.3 Å². The van der Waals surface area contributed by atoms with E-state index in [4.69, 9.17) is 9.26 Å². The van der Waals surface area contributed by atoms with Gasteiger partial charge in [0.25, 0.3) is 0 Å². The number of ether oxygens (including phenoxy) is 2. The van der Waals surface area contributed by atoms with Crippen LogP contribution in [-0.2, 0) is 11.2 Å². The van der Waals surface area contributed by atoms with Crippen molar-refractivity contribution >= 4 is 0 Å². The van der Waals surface area contributed by atoms with Crippen LogP contribution in [0, 0.1) is 0 Å². The van der Waals surface area contributed by atoms with Crippen LogP contribution in [0.5, 0.6) is 5.88 Å². The van der Waals surface area contributed by atoms with Crippen molar-refractivity contribution in [1.29, 1.82) is 0 Å². The molecule has 0 N–H and O–H groups in total. The summed E-state index contributed by atoms with van der Waals surface area (Å²) in [6.07, 6.45) is 1.63. The number of hydrogen-bond donors (Lipinski definition) is 0. The van der Waals surface area contributed by atoms with Crippen molar-refractivity contribution in [1.82, 2.24) is 20.1 Å². The summed E-state index contributed by atoms with van der Waals surface area (Å²) < 4.78 is 51.3.